The van der Waals surface area contributed by atoms with E-state index in [1.165, 1.54) is 0 Å². The average molecular weight is 417 g/mol. The minimum absolute atomic E-state index is 0.0127. The number of nitrogens with zero attached hydrogens (tertiary/aromatic N) is 4. The van der Waals surface area contributed by atoms with E-state index in [1.807, 2.05) is 51.1 Å². The Morgan fingerprint density at radius 3 is 2.55 bits per heavy atom. The number of allylic oxidation sites excluding steroid dienone is 2. The quantitative estimate of drug-likeness (QED) is 0.693. The van der Waals surface area contributed by atoms with Gasteiger partial charge in [0.1, 0.15) is 12.1 Å². The number of carbonyl (C=O) groups excluding carboxylic acids is 2. The fourth-order valence-corrected chi connectivity index (χ4v) is 4.36. The summed E-state index contributed by atoms with van der Waals surface area (Å²) in [6, 6.07) is 7.44. The maximum absolute atomic E-state index is 13.6. The number of benzene rings is 1. The number of likely N-dealkylation sites (tertiary alicyclic amines) is 1. The topological polar surface area (TPSA) is 56.2 Å². The van der Waals surface area contributed by atoms with E-state index in [1.54, 1.807) is 23.1 Å². The molecule has 0 saturated carbocycles. The van der Waals surface area contributed by atoms with Gasteiger partial charge in [-0.2, -0.15) is 0 Å². The van der Waals surface area contributed by atoms with Crippen LogP contribution in [0.5, 0.6) is 0 Å². The molecule has 2 heterocycles. The van der Waals surface area contributed by atoms with E-state index >= 15 is 0 Å². The zero-order valence-electron chi connectivity index (χ0n) is 17.6. The van der Waals surface area contributed by atoms with Gasteiger partial charge < -0.3 is 14.7 Å². The van der Waals surface area contributed by atoms with Crippen LogP contribution in [0.2, 0.25) is 5.02 Å². The van der Waals surface area contributed by atoms with E-state index < -0.39 is 5.54 Å². The third-order valence-corrected chi connectivity index (χ3v) is 6.08. The van der Waals surface area contributed by atoms with Crippen LogP contribution in [0.3, 0.4) is 0 Å². The molecule has 3 rings (SSSR count). The molecule has 1 atom stereocenters. The molecule has 0 N–H and O–H groups in total. The molecule has 2 fully saturated rings. The molecule has 156 valence electrons. The molecular formula is C22H29ClN4O2. The van der Waals surface area contributed by atoms with Crippen molar-refractivity contribution in [2.24, 2.45) is 4.99 Å². The number of hydrogen-bond acceptors (Lipinski definition) is 4. The predicted octanol–water partition coefficient (Wildman–Crippen LogP) is 2.97. The van der Waals surface area contributed by atoms with Crippen molar-refractivity contribution >= 4 is 29.6 Å². The molecule has 2 aliphatic heterocycles. The van der Waals surface area contributed by atoms with E-state index in [9.17, 15) is 9.59 Å². The van der Waals surface area contributed by atoms with Crippen LogP contribution in [-0.2, 0) is 16.1 Å². The lowest BCUT2D eigenvalue weighted by atomic mass is 9.89. The van der Waals surface area contributed by atoms with E-state index in [0.717, 1.165) is 11.3 Å². The molecule has 0 aliphatic carbocycles. The summed E-state index contributed by atoms with van der Waals surface area (Å²) in [5, 5.41) is 0.652. The van der Waals surface area contributed by atoms with Gasteiger partial charge in [-0.25, -0.2) is 0 Å². The van der Waals surface area contributed by atoms with Crippen molar-refractivity contribution < 1.29 is 9.59 Å². The minimum Gasteiger partial charge on any atom is -0.368 e. The van der Waals surface area contributed by atoms with Gasteiger partial charge in [0.25, 0.3) is 5.91 Å². The van der Waals surface area contributed by atoms with Gasteiger partial charge in [-0.3, -0.25) is 14.6 Å². The molecule has 6 nitrogen and oxygen atoms in total. The first kappa shape index (κ1) is 21.4. The summed E-state index contributed by atoms with van der Waals surface area (Å²) in [5.41, 5.74) is 1.07. The smallest absolute Gasteiger partial charge is 0.251 e. The first-order valence-corrected chi connectivity index (χ1v) is 10.4. The molecule has 1 aromatic carbocycles. The molecule has 0 unspecified atom stereocenters. The molecule has 0 radical (unpaired) electrons. The first-order chi connectivity index (χ1) is 13.8. The summed E-state index contributed by atoms with van der Waals surface area (Å²) in [4.78, 5) is 36.6. The lowest BCUT2D eigenvalue weighted by Gasteiger charge is -2.48. The highest BCUT2D eigenvalue weighted by Crippen LogP contribution is 2.36. The van der Waals surface area contributed by atoms with Crippen molar-refractivity contribution in [1.29, 1.82) is 0 Å². The van der Waals surface area contributed by atoms with E-state index in [4.69, 9.17) is 11.6 Å². The van der Waals surface area contributed by atoms with Gasteiger partial charge in [-0.15, -0.1) is 0 Å². The SMILES string of the molecule is C/C=C(\C=NC)N1CC[C@]2(C1)C(=O)N(C(C)C)CC(=O)N2Cc1ccc(Cl)cc1. The van der Waals surface area contributed by atoms with Gasteiger partial charge in [-0.1, -0.05) is 29.8 Å². The van der Waals surface area contributed by atoms with E-state index in [2.05, 4.69) is 9.89 Å². The zero-order valence-corrected chi connectivity index (χ0v) is 18.3. The van der Waals surface area contributed by atoms with Crippen molar-refractivity contribution in [3.05, 3.63) is 46.6 Å². The number of carbonyl (C=O) groups is 2. The van der Waals surface area contributed by atoms with E-state index in [-0.39, 0.29) is 24.4 Å². The van der Waals surface area contributed by atoms with E-state index in [0.29, 0.717) is 31.1 Å². The summed E-state index contributed by atoms with van der Waals surface area (Å²) in [5.74, 6) is 0.0220. The monoisotopic (exact) mass is 416 g/mol. The maximum Gasteiger partial charge on any atom is 0.251 e. The molecule has 29 heavy (non-hydrogen) atoms. The summed E-state index contributed by atoms with van der Waals surface area (Å²) < 4.78 is 0. The zero-order chi connectivity index (χ0) is 21.2. The third-order valence-electron chi connectivity index (χ3n) is 5.83. The van der Waals surface area contributed by atoms with Crippen LogP contribution >= 0.6 is 11.6 Å². The normalized spacial score (nSPS) is 23.4. The summed E-state index contributed by atoms with van der Waals surface area (Å²) in [6.07, 6.45) is 4.39. The molecule has 2 amide bonds. The molecule has 1 aromatic rings. The van der Waals surface area contributed by atoms with Crippen LogP contribution in [0.1, 0.15) is 32.8 Å². The highest BCUT2D eigenvalue weighted by atomic mass is 35.5. The lowest BCUT2D eigenvalue weighted by molar-refractivity contribution is -0.166. The Kier molecular flexibility index (Phi) is 6.32. The predicted molar refractivity (Wildman–Crippen MR) is 116 cm³/mol. The average Bonchev–Trinajstić information content (AvgIpc) is 3.13. The fraction of sp³-hybridized carbons (Fsp3) is 0.500. The van der Waals surface area contributed by atoms with Crippen molar-refractivity contribution in [1.82, 2.24) is 14.7 Å². The molecule has 0 aromatic heterocycles. The molecule has 1 spiro atoms. The van der Waals surface area contributed by atoms with Crippen LogP contribution in [0, 0.1) is 0 Å². The molecule has 0 bridgehead atoms. The molecular weight excluding hydrogens is 388 g/mol. The Morgan fingerprint density at radius 2 is 1.97 bits per heavy atom. The number of rotatable bonds is 5. The van der Waals surface area contributed by atoms with Gasteiger partial charge in [-0.05, 0) is 44.9 Å². The highest BCUT2D eigenvalue weighted by molar-refractivity contribution is 6.30. The second-order valence-electron chi connectivity index (χ2n) is 7.94. The number of hydrogen-bond donors (Lipinski definition) is 0. The second-order valence-corrected chi connectivity index (χ2v) is 8.37. The lowest BCUT2D eigenvalue weighted by Crippen LogP contribution is -2.69. The Balaban J connectivity index is 1.98. The van der Waals surface area contributed by atoms with Crippen molar-refractivity contribution in [2.45, 2.75) is 45.3 Å². The van der Waals surface area contributed by atoms with Crippen molar-refractivity contribution in [2.75, 3.05) is 26.7 Å². The van der Waals surface area contributed by atoms with Crippen LogP contribution in [0.25, 0.3) is 0 Å². The van der Waals surface area contributed by atoms with Crippen LogP contribution in [0.15, 0.2) is 41.0 Å². The third kappa shape index (κ3) is 4.04. The summed E-state index contributed by atoms with van der Waals surface area (Å²) in [6.45, 7) is 7.58. The van der Waals surface area contributed by atoms with Crippen LogP contribution < -0.4 is 0 Å². The van der Waals surface area contributed by atoms with Crippen molar-refractivity contribution in [3.8, 4) is 0 Å². The molecule has 7 heteroatoms. The summed E-state index contributed by atoms with van der Waals surface area (Å²) in [7, 11) is 1.73. The number of amides is 2. The van der Waals surface area contributed by atoms with Gasteiger partial charge in [0, 0.05) is 37.4 Å². The van der Waals surface area contributed by atoms with Gasteiger partial charge >= 0.3 is 0 Å². The number of piperazine rings is 1. The van der Waals surface area contributed by atoms with Gasteiger partial charge in [0.2, 0.25) is 5.91 Å². The summed E-state index contributed by atoms with van der Waals surface area (Å²) >= 11 is 6.01. The first-order valence-electron chi connectivity index (χ1n) is 10.0. The van der Waals surface area contributed by atoms with Crippen LogP contribution in [0.4, 0.5) is 0 Å². The van der Waals surface area contributed by atoms with Crippen LogP contribution in [-0.4, -0.2) is 71.0 Å². The Morgan fingerprint density at radius 1 is 1.28 bits per heavy atom. The Bertz CT molecular complexity index is 834. The van der Waals surface area contributed by atoms with Gasteiger partial charge in [0.15, 0.2) is 0 Å². The fourth-order valence-electron chi connectivity index (χ4n) is 4.23. The molecule has 2 saturated heterocycles. The largest absolute Gasteiger partial charge is 0.368 e. The molecule has 2 aliphatic rings. The maximum atomic E-state index is 13.6. The second kappa shape index (κ2) is 8.57. The standard InChI is InChI=1S/C22H29ClN4O2/c1-5-19(12-24-4)25-11-10-22(15-25)21(29)26(16(2)3)14-20(28)27(22)13-17-6-8-18(23)9-7-17/h5-9,12,16H,10-11,13-15H2,1-4H3/b19-5+,24-12?/t22-/m0/s1. The minimum atomic E-state index is -0.866. The Labute approximate surface area is 177 Å². The van der Waals surface area contributed by atoms with Crippen molar-refractivity contribution in [3.63, 3.8) is 0 Å². The Hall–Kier alpha value is -2.34. The number of aliphatic imine (C=N–C) groups is 1. The van der Waals surface area contributed by atoms with Gasteiger partial charge in [0.05, 0.1) is 12.2 Å². The number of halogens is 1. The highest BCUT2D eigenvalue weighted by Gasteiger charge is 2.56.